The van der Waals surface area contributed by atoms with E-state index in [0.29, 0.717) is 45.7 Å². The number of imidazole rings is 1. The smallest absolute Gasteiger partial charge is 0.258 e. The van der Waals surface area contributed by atoms with Gasteiger partial charge >= 0.3 is 0 Å². The average Bonchev–Trinajstić information content (AvgIpc) is 3.62. The van der Waals surface area contributed by atoms with Crippen LogP contribution in [-0.4, -0.2) is 49.9 Å². The first-order chi connectivity index (χ1) is 18.6. The van der Waals surface area contributed by atoms with Crippen LogP contribution in [0.5, 0.6) is 11.6 Å². The summed E-state index contributed by atoms with van der Waals surface area (Å²) in [5, 5.41) is 18.8. The second-order valence-electron chi connectivity index (χ2n) is 8.38. The summed E-state index contributed by atoms with van der Waals surface area (Å²) in [6.07, 6.45) is 5.14. The fourth-order valence-electron chi connectivity index (χ4n) is 4.13. The van der Waals surface area contributed by atoms with Gasteiger partial charge in [0.05, 0.1) is 37.3 Å². The number of carbonyl (C=O) groups is 1. The molecular formula is C27H23ClN8O3. The van der Waals surface area contributed by atoms with E-state index >= 15 is 0 Å². The SMILES string of the molecule is COc1ccc(Nc2cc(-c3cccc(C(=O)Nc4ccc5[nH]ncc5c4)c3)nn3ccnc23)nc1OC.Cl. The number of H-pyrrole nitrogens is 1. The molecule has 0 aliphatic heterocycles. The Morgan fingerprint density at radius 1 is 1.03 bits per heavy atom. The minimum absolute atomic E-state index is 0. The van der Waals surface area contributed by atoms with Crippen molar-refractivity contribution in [2.75, 3.05) is 24.9 Å². The number of amides is 1. The van der Waals surface area contributed by atoms with E-state index in [0.717, 1.165) is 16.5 Å². The van der Waals surface area contributed by atoms with Crippen LogP contribution in [0.3, 0.4) is 0 Å². The number of fused-ring (bicyclic) bond motifs is 2. The lowest BCUT2D eigenvalue weighted by Crippen LogP contribution is -2.12. The normalized spacial score (nSPS) is 10.7. The van der Waals surface area contributed by atoms with Crippen molar-refractivity contribution < 1.29 is 14.3 Å². The lowest BCUT2D eigenvalue weighted by atomic mass is 10.1. The van der Waals surface area contributed by atoms with Crippen molar-refractivity contribution in [2.45, 2.75) is 0 Å². The Morgan fingerprint density at radius 2 is 1.92 bits per heavy atom. The monoisotopic (exact) mass is 542 g/mol. The highest BCUT2D eigenvalue weighted by atomic mass is 35.5. The molecule has 3 N–H and O–H groups in total. The number of aromatic nitrogens is 6. The summed E-state index contributed by atoms with van der Waals surface area (Å²) >= 11 is 0. The Morgan fingerprint density at radius 3 is 2.77 bits per heavy atom. The second-order valence-corrected chi connectivity index (χ2v) is 8.38. The second kappa shape index (κ2) is 10.7. The third kappa shape index (κ3) is 5.03. The fraction of sp³-hybridized carbons (Fsp3) is 0.0741. The van der Waals surface area contributed by atoms with Crippen LogP contribution in [0.1, 0.15) is 10.4 Å². The maximum absolute atomic E-state index is 13.1. The minimum atomic E-state index is -0.230. The van der Waals surface area contributed by atoms with Crippen molar-refractivity contribution in [1.29, 1.82) is 0 Å². The number of halogens is 1. The predicted molar refractivity (Wildman–Crippen MR) is 150 cm³/mol. The summed E-state index contributed by atoms with van der Waals surface area (Å²) < 4.78 is 12.3. The molecule has 11 nitrogen and oxygen atoms in total. The third-order valence-corrected chi connectivity index (χ3v) is 5.98. The Bertz CT molecular complexity index is 1800. The zero-order chi connectivity index (χ0) is 26.1. The van der Waals surface area contributed by atoms with Crippen molar-refractivity contribution in [3.05, 3.63) is 84.8 Å². The maximum atomic E-state index is 13.1. The topological polar surface area (TPSA) is 131 Å². The largest absolute Gasteiger partial charge is 0.491 e. The summed E-state index contributed by atoms with van der Waals surface area (Å²) in [7, 11) is 3.09. The highest BCUT2D eigenvalue weighted by Gasteiger charge is 2.14. The number of ether oxygens (including phenoxy) is 2. The van der Waals surface area contributed by atoms with Crippen molar-refractivity contribution in [2.24, 2.45) is 0 Å². The van der Waals surface area contributed by atoms with Gasteiger partial charge in [0.1, 0.15) is 5.82 Å². The molecule has 0 saturated heterocycles. The van der Waals surface area contributed by atoms with Crippen LogP contribution in [0, 0.1) is 0 Å². The molecule has 6 aromatic rings. The van der Waals surface area contributed by atoms with Gasteiger partial charge in [0, 0.05) is 34.6 Å². The van der Waals surface area contributed by atoms with Gasteiger partial charge in [-0.3, -0.25) is 9.89 Å². The van der Waals surface area contributed by atoms with Crippen LogP contribution >= 0.6 is 12.4 Å². The van der Waals surface area contributed by atoms with Crippen molar-refractivity contribution in [3.63, 3.8) is 0 Å². The minimum Gasteiger partial charge on any atom is -0.491 e. The van der Waals surface area contributed by atoms with Gasteiger partial charge in [0.15, 0.2) is 11.4 Å². The van der Waals surface area contributed by atoms with Gasteiger partial charge < -0.3 is 20.1 Å². The third-order valence-electron chi connectivity index (χ3n) is 5.98. The van der Waals surface area contributed by atoms with Crippen molar-refractivity contribution >= 4 is 52.1 Å². The molecule has 0 aliphatic rings. The van der Waals surface area contributed by atoms with E-state index in [1.807, 2.05) is 36.4 Å². The number of rotatable bonds is 7. The molecule has 0 atom stereocenters. The first-order valence-corrected chi connectivity index (χ1v) is 11.7. The van der Waals surface area contributed by atoms with Crippen molar-refractivity contribution in [3.8, 4) is 22.9 Å². The van der Waals surface area contributed by atoms with Gasteiger partial charge in [-0.1, -0.05) is 12.1 Å². The molecule has 0 bridgehead atoms. The molecule has 4 aromatic heterocycles. The molecule has 0 aliphatic carbocycles. The van der Waals surface area contributed by atoms with Crippen LogP contribution in [0.2, 0.25) is 0 Å². The molecule has 0 unspecified atom stereocenters. The molecule has 39 heavy (non-hydrogen) atoms. The highest BCUT2D eigenvalue weighted by Crippen LogP contribution is 2.30. The Kier molecular flexibility index (Phi) is 6.98. The zero-order valence-corrected chi connectivity index (χ0v) is 21.7. The van der Waals surface area contributed by atoms with E-state index < -0.39 is 0 Å². The molecule has 12 heteroatoms. The van der Waals surface area contributed by atoms with E-state index in [-0.39, 0.29) is 18.3 Å². The number of methoxy groups -OCH3 is 2. The first kappa shape index (κ1) is 25.5. The van der Waals surface area contributed by atoms with E-state index in [4.69, 9.17) is 9.47 Å². The Balaban J connectivity index is 0.00000308. The number of carbonyl (C=O) groups excluding carboxylic acids is 1. The number of pyridine rings is 1. The molecule has 4 heterocycles. The molecular weight excluding hydrogens is 520 g/mol. The van der Waals surface area contributed by atoms with Gasteiger partial charge in [0.2, 0.25) is 0 Å². The Hall–Kier alpha value is -5.16. The lowest BCUT2D eigenvalue weighted by molar-refractivity contribution is 0.102. The summed E-state index contributed by atoms with van der Waals surface area (Å²) in [5.74, 6) is 1.20. The molecule has 2 aromatic carbocycles. The molecule has 0 saturated carbocycles. The molecule has 1 amide bonds. The van der Waals surface area contributed by atoms with Crippen molar-refractivity contribution in [1.82, 2.24) is 29.8 Å². The average molecular weight is 543 g/mol. The van der Waals surface area contributed by atoms with Gasteiger partial charge in [-0.25, -0.2) is 9.50 Å². The van der Waals surface area contributed by atoms with Gasteiger partial charge in [-0.05, 0) is 48.5 Å². The van der Waals surface area contributed by atoms with Crippen LogP contribution in [-0.2, 0) is 0 Å². The predicted octanol–water partition coefficient (Wildman–Crippen LogP) is 5.10. The molecule has 0 fully saturated rings. The summed E-state index contributed by atoms with van der Waals surface area (Å²) in [6, 6.07) is 18.3. The zero-order valence-electron chi connectivity index (χ0n) is 20.9. The number of aromatic amines is 1. The van der Waals surface area contributed by atoms with Crippen LogP contribution in [0.15, 0.2) is 79.3 Å². The molecule has 0 spiro atoms. The summed E-state index contributed by atoms with van der Waals surface area (Å²) in [5.41, 5.74) is 4.80. The van der Waals surface area contributed by atoms with Gasteiger partial charge in [-0.2, -0.15) is 15.2 Å². The number of anilines is 3. The standard InChI is InChI=1S/C27H22N8O3.ClH/c1-37-23-8-9-24(32-27(23)38-2)31-22-14-21(34-35-11-10-28-25(22)35)16-4-3-5-17(12-16)26(36)30-19-6-7-20-18(13-19)15-29-33-20;/h3-15H,1-2H3,(H,29,33)(H,30,36)(H,31,32);1H. The van der Waals surface area contributed by atoms with Crippen LogP contribution in [0.4, 0.5) is 17.2 Å². The molecule has 0 radical (unpaired) electrons. The van der Waals surface area contributed by atoms with Gasteiger partial charge in [-0.15, -0.1) is 12.4 Å². The van der Waals surface area contributed by atoms with E-state index in [1.165, 1.54) is 7.11 Å². The summed E-state index contributed by atoms with van der Waals surface area (Å²) in [4.78, 5) is 21.9. The van der Waals surface area contributed by atoms with Crippen LogP contribution in [0.25, 0.3) is 27.8 Å². The van der Waals surface area contributed by atoms with Crippen LogP contribution < -0.4 is 20.1 Å². The first-order valence-electron chi connectivity index (χ1n) is 11.7. The van der Waals surface area contributed by atoms with E-state index in [9.17, 15) is 4.79 Å². The number of nitrogens with zero attached hydrogens (tertiary/aromatic N) is 5. The molecule has 196 valence electrons. The Labute approximate surface area is 228 Å². The maximum Gasteiger partial charge on any atom is 0.258 e. The fourth-order valence-corrected chi connectivity index (χ4v) is 4.13. The number of hydrogen-bond acceptors (Lipinski definition) is 8. The number of hydrogen-bond donors (Lipinski definition) is 3. The number of benzene rings is 2. The highest BCUT2D eigenvalue weighted by molar-refractivity contribution is 6.05. The quantitative estimate of drug-likeness (QED) is 0.254. The summed E-state index contributed by atoms with van der Waals surface area (Å²) in [6.45, 7) is 0. The number of nitrogens with one attached hydrogen (secondary N) is 3. The van der Waals surface area contributed by atoms with Gasteiger partial charge in [0.25, 0.3) is 11.8 Å². The van der Waals surface area contributed by atoms with E-state index in [2.05, 4.69) is 35.9 Å². The molecule has 6 rings (SSSR count). The van der Waals surface area contributed by atoms with E-state index in [1.54, 1.807) is 54.5 Å². The lowest BCUT2D eigenvalue weighted by Gasteiger charge is -2.12.